The molecule has 3 aromatic carbocycles. The van der Waals surface area contributed by atoms with E-state index in [1.165, 1.54) is 6.26 Å². The molecule has 4 rings (SSSR count). The quantitative estimate of drug-likeness (QED) is 0.272. The summed E-state index contributed by atoms with van der Waals surface area (Å²) in [6, 6.07) is 16.8. The molecular formula is C31H33NO5. The fourth-order valence-electron chi connectivity index (χ4n) is 4.21. The van der Waals surface area contributed by atoms with Crippen molar-refractivity contribution in [1.29, 1.82) is 0 Å². The molecule has 1 N–H and O–H groups in total. The van der Waals surface area contributed by atoms with E-state index < -0.39 is 0 Å². The summed E-state index contributed by atoms with van der Waals surface area (Å²) in [7, 11) is 0. The average Bonchev–Trinajstić information content (AvgIpc) is 2.86. The van der Waals surface area contributed by atoms with Crippen molar-refractivity contribution in [1.82, 2.24) is 0 Å². The maximum Gasteiger partial charge on any atom is 0.262 e. The van der Waals surface area contributed by atoms with E-state index >= 15 is 0 Å². The first-order valence-corrected chi connectivity index (χ1v) is 12.5. The van der Waals surface area contributed by atoms with Crippen molar-refractivity contribution < 1.29 is 18.7 Å². The predicted octanol–water partition coefficient (Wildman–Crippen LogP) is 7.47. The highest BCUT2D eigenvalue weighted by molar-refractivity contribution is 5.94. The van der Waals surface area contributed by atoms with Gasteiger partial charge in [-0.25, -0.2) is 0 Å². The number of carbonyl (C=O) groups excluding carboxylic acids is 1. The largest absolute Gasteiger partial charge is 0.484 e. The van der Waals surface area contributed by atoms with Crippen molar-refractivity contribution in [3.63, 3.8) is 0 Å². The Kier molecular flexibility index (Phi) is 7.67. The Labute approximate surface area is 217 Å². The zero-order valence-electron chi connectivity index (χ0n) is 22.2. The molecule has 0 bridgehead atoms. The molecule has 0 aliphatic carbocycles. The van der Waals surface area contributed by atoms with Gasteiger partial charge in [-0.2, -0.15) is 0 Å². The molecule has 0 aliphatic heterocycles. The number of nitrogens with one attached hydrogen (secondary N) is 1. The van der Waals surface area contributed by atoms with Crippen LogP contribution in [0.2, 0.25) is 0 Å². The lowest BCUT2D eigenvalue weighted by molar-refractivity contribution is -0.118. The Hall–Kier alpha value is -4.06. The SMILES string of the molecule is Cc1ccc(C)c(Oc2coc3cc(OCC(=O)Nc4c(C(C)C)cccc4C(C)C)ccc3c2=O)c1. The van der Waals surface area contributed by atoms with Gasteiger partial charge in [0.1, 0.15) is 23.3 Å². The minimum atomic E-state index is -0.280. The molecule has 0 spiro atoms. The molecule has 0 fully saturated rings. The Morgan fingerprint density at radius 3 is 2.30 bits per heavy atom. The summed E-state index contributed by atoms with van der Waals surface area (Å²) in [4.78, 5) is 25.8. The van der Waals surface area contributed by atoms with Gasteiger partial charge in [0.05, 0.1) is 5.39 Å². The van der Waals surface area contributed by atoms with Crippen LogP contribution in [0.5, 0.6) is 17.2 Å². The lowest BCUT2D eigenvalue weighted by atomic mass is 9.92. The third-order valence-electron chi connectivity index (χ3n) is 6.29. The second-order valence-electron chi connectivity index (χ2n) is 9.92. The van der Waals surface area contributed by atoms with Gasteiger partial charge in [0, 0.05) is 11.8 Å². The van der Waals surface area contributed by atoms with E-state index in [4.69, 9.17) is 13.9 Å². The molecule has 192 valence electrons. The van der Waals surface area contributed by atoms with Crippen LogP contribution in [0.1, 0.15) is 61.8 Å². The molecule has 6 heteroatoms. The van der Waals surface area contributed by atoms with E-state index in [1.54, 1.807) is 18.2 Å². The molecule has 1 aromatic heterocycles. The number of hydrogen-bond donors (Lipinski definition) is 1. The molecule has 0 radical (unpaired) electrons. The Balaban J connectivity index is 1.49. The highest BCUT2D eigenvalue weighted by Crippen LogP contribution is 2.32. The topological polar surface area (TPSA) is 77.8 Å². The Morgan fingerprint density at radius 1 is 0.919 bits per heavy atom. The molecule has 0 atom stereocenters. The summed E-state index contributed by atoms with van der Waals surface area (Å²) in [5.74, 6) is 1.42. The van der Waals surface area contributed by atoms with Gasteiger partial charge >= 0.3 is 0 Å². The van der Waals surface area contributed by atoms with Crippen LogP contribution in [0, 0.1) is 13.8 Å². The zero-order chi connectivity index (χ0) is 26.7. The standard InChI is InChI=1S/C31H33NO5/c1-18(2)23-8-7-9-24(19(3)4)30(23)32-29(33)17-35-22-12-13-25-27(15-22)36-16-28(31(25)34)37-26-14-20(5)10-11-21(26)6/h7-16,18-19H,17H2,1-6H3,(H,32,33). The fourth-order valence-corrected chi connectivity index (χ4v) is 4.21. The first-order chi connectivity index (χ1) is 17.6. The van der Waals surface area contributed by atoms with E-state index in [0.29, 0.717) is 22.5 Å². The third kappa shape index (κ3) is 5.85. The first-order valence-electron chi connectivity index (χ1n) is 12.5. The van der Waals surface area contributed by atoms with Crippen LogP contribution in [0.4, 0.5) is 5.69 Å². The van der Waals surface area contributed by atoms with Crippen molar-refractivity contribution in [3.8, 4) is 17.2 Å². The summed E-state index contributed by atoms with van der Waals surface area (Å²) in [6.07, 6.45) is 1.30. The summed E-state index contributed by atoms with van der Waals surface area (Å²) >= 11 is 0. The zero-order valence-corrected chi connectivity index (χ0v) is 22.2. The first kappa shape index (κ1) is 26.0. The van der Waals surface area contributed by atoms with Crippen LogP contribution in [0.15, 0.2) is 70.1 Å². The second-order valence-corrected chi connectivity index (χ2v) is 9.92. The van der Waals surface area contributed by atoms with E-state index in [1.807, 2.05) is 50.2 Å². The molecule has 1 amide bonds. The second kappa shape index (κ2) is 10.9. The maximum atomic E-state index is 13.0. The normalized spacial score (nSPS) is 11.2. The van der Waals surface area contributed by atoms with E-state index in [2.05, 4.69) is 33.0 Å². The highest BCUT2D eigenvalue weighted by Gasteiger charge is 2.17. The molecule has 6 nitrogen and oxygen atoms in total. The van der Waals surface area contributed by atoms with Crippen molar-refractivity contribution in [2.45, 2.75) is 53.4 Å². The summed E-state index contributed by atoms with van der Waals surface area (Å²) < 4.78 is 17.3. The number of fused-ring (bicyclic) bond motifs is 1. The minimum Gasteiger partial charge on any atom is -0.484 e. The lowest BCUT2D eigenvalue weighted by Gasteiger charge is -2.20. The lowest BCUT2D eigenvalue weighted by Crippen LogP contribution is -2.22. The van der Waals surface area contributed by atoms with Gasteiger partial charge in [-0.1, -0.05) is 58.0 Å². The average molecular weight is 500 g/mol. The van der Waals surface area contributed by atoms with Crippen LogP contribution in [-0.4, -0.2) is 12.5 Å². The number of rotatable bonds is 8. The van der Waals surface area contributed by atoms with Crippen molar-refractivity contribution >= 4 is 22.6 Å². The molecule has 0 aliphatic rings. The summed E-state index contributed by atoms with van der Waals surface area (Å²) in [5, 5.41) is 3.41. The molecule has 1 heterocycles. The molecule has 4 aromatic rings. The molecular weight excluding hydrogens is 466 g/mol. The fraction of sp³-hybridized carbons (Fsp3) is 0.290. The summed E-state index contributed by atoms with van der Waals surface area (Å²) in [5.41, 5.74) is 5.05. The van der Waals surface area contributed by atoms with Crippen LogP contribution in [-0.2, 0) is 4.79 Å². The van der Waals surface area contributed by atoms with Gasteiger partial charge in [-0.05, 0) is 66.1 Å². The summed E-state index contributed by atoms with van der Waals surface area (Å²) in [6.45, 7) is 12.1. The highest BCUT2D eigenvalue weighted by atomic mass is 16.5. The van der Waals surface area contributed by atoms with E-state index in [-0.39, 0.29) is 35.5 Å². The Morgan fingerprint density at radius 2 is 1.62 bits per heavy atom. The van der Waals surface area contributed by atoms with Gasteiger partial charge in [0.15, 0.2) is 6.61 Å². The van der Waals surface area contributed by atoms with Crippen LogP contribution >= 0.6 is 0 Å². The van der Waals surface area contributed by atoms with Gasteiger partial charge < -0.3 is 19.2 Å². The third-order valence-corrected chi connectivity index (χ3v) is 6.29. The number of anilines is 1. The van der Waals surface area contributed by atoms with Gasteiger partial charge in [-0.15, -0.1) is 0 Å². The van der Waals surface area contributed by atoms with Crippen LogP contribution in [0.3, 0.4) is 0 Å². The number of carbonyl (C=O) groups is 1. The predicted molar refractivity (Wildman–Crippen MR) is 147 cm³/mol. The van der Waals surface area contributed by atoms with E-state index in [0.717, 1.165) is 27.9 Å². The number of benzene rings is 3. The monoisotopic (exact) mass is 499 g/mol. The molecule has 37 heavy (non-hydrogen) atoms. The van der Waals surface area contributed by atoms with Crippen LogP contribution in [0.25, 0.3) is 11.0 Å². The molecule has 0 saturated heterocycles. The Bertz CT molecular complexity index is 1470. The van der Waals surface area contributed by atoms with Gasteiger partial charge in [0.25, 0.3) is 5.91 Å². The molecule has 0 saturated carbocycles. The number of amides is 1. The minimum absolute atomic E-state index is 0.110. The number of hydrogen-bond acceptors (Lipinski definition) is 5. The van der Waals surface area contributed by atoms with Crippen molar-refractivity contribution in [2.24, 2.45) is 0 Å². The van der Waals surface area contributed by atoms with Crippen molar-refractivity contribution in [3.05, 3.63) is 93.3 Å². The van der Waals surface area contributed by atoms with Gasteiger partial charge in [0.2, 0.25) is 11.2 Å². The van der Waals surface area contributed by atoms with E-state index in [9.17, 15) is 9.59 Å². The van der Waals surface area contributed by atoms with Crippen molar-refractivity contribution in [2.75, 3.05) is 11.9 Å². The number of ether oxygens (including phenoxy) is 2. The number of aryl methyl sites for hydroxylation is 2. The van der Waals surface area contributed by atoms with Gasteiger partial charge in [-0.3, -0.25) is 9.59 Å². The van der Waals surface area contributed by atoms with Crippen LogP contribution < -0.4 is 20.2 Å². The maximum absolute atomic E-state index is 13.0. The number of para-hydroxylation sites is 1. The smallest absolute Gasteiger partial charge is 0.262 e. The molecule has 0 unspecified atom stereocenters.